The van der Waals surface area contributed by atoms with Crippen molar-refractivity contribution in [2.75, 3.05) is 17.2 Å². The Morgan fingerprint density at radius 1 is 1.04 bits per heavy atom. The molecule has 0 aliphatic carbocycles. The van der Waals surface area contributed by atoms with Gasteiger partial charge in [0, 0.05) is 36.0 Å². The first-order valence-corrected chi connectivity index (χ1v) is 7.85. The number of aromatic nitrogens is 2. The van der Waals surface area contributed by atoms with E-state index in [1.807, 2.05) is 43.3 Å². The van der Waals surface area contributed by atoms with Gasteiger partial charge >= 0.3 is 0 Å². The van der Waals surface area contributed by atoms with Crippen LogP contribution in [0.3, 0.4) is 0 Å². The first-order chi connectivity index (χ1) is 12.2. The van der Waals surface area contributed by atoms with Crippen molar-refractivity contribution < 1.29 is 4.92 Å². The van der Waals surface area contributed by atoms with E-state index in [1.165, 1.54) is 12.1 Å². The number of hydrogen-bond donors (Lipinski definition) is 2. The van der Waals surface area contributed by atoms with Crippen LogP contribution in [0.2, 0.25) is 0 Å². The Hall–Kier alpha value is -3.48. The highest BCUT2D eigenvalue weighted by Gasteiger charge is 2.08. The van der Waals surface area contributed by atoms with Gasteiger partial charge in [0.2, 0.25) is 5.95 Å². The molecule has 2 N–H and O–H groups in total. The third-order valence-electron chi connectivity index (χ3n) is 3.48. The van der Waals surface area contributed by atoms with Crippen LogP contribution < -0.4 is 10.6 Å². The Balaban J connectivity index is 1.92. The summed E-state index contributed by atoms with van der Waals surface area (Å²) in [6, 6.07) is 17.9. The van der Waals surface area contributed by atoms with Crippen LogP contribution in [0.4, 0.5) is 23.1 Å². The van der Waals surface area contributed by atoms with E-state index in [9.17, 15) is 10.1 Å². The van der Waals surface area contributed by atoms with Crippen molar-refractivity contribution in [3.63, 3.8) is 0 Å². The zero-order valence-corrected chi connectivity index (χ0v) is 13.6. The highest BCUT2D eigenvalue weighted by Crippen LogP contribution is 2.24. The summed E-state index contributed by atoms with van der Waals surface area (Å²) >= 11 is 0. The van der Waals surface area contributed by atoms with Gasteiger partial charge < -0.3 is 10.6 Å². The fourth-order valence-corrected chi connectivity index (χ4v) is 2.32. The SMILES string of the molecule is CCNc1nc(Nc2ccc([N+](=O)[O-])cc2)cc(-c2ccccc2)n1. The van der Waals surface area contributed by atoms with Crippen LogP contribution in [0.15, 0.2) is 60.7 Å². The zero-order valence-electron chi connectivity index (χ0n) is 13.6. The number of nitrogens with zero attached hydrogens (tertiary/aromatic N) is 3. The maximum atomic E-state index is 10.7. The van der Waals surface area contributed by atoms with Gasteiger partial charge in [-0.25, -0.2) is 4.98 Å². The molecular weight excluding hydrogens is 318 g/mol. The lowest BCUT2D eigenvalue weighted by Gasteiger charge is -2.10. The van der Waals surface area contributed by atoms with Crippen molar-refractivity contribution in [1.82, 2.24) is 9.97 Å². The third kappa shape index (κ3) is 4.08. The van der Waals surface area contributed by atoms with Crippen molar-refractivity contribution in [2.45, 2.75) is 6.92 Å². The molecule has 0 spiro atoms. The first kappa shape index (κ1) is 16.4. The molecule has 0 aliphatic rings. The molecule has 7 heteroatoms. The van der Waals surface area contributed by atoms with Gasteiger partial charge in [-0.05, 0) is 19.1 Å². The second kappa shape index (κ2) is 7.39. The highest BCUT2D eigenvalue weighted by atomic mass is 16.6. The lowest BCUT2D eigenvalue weighted by atomic mass is 10.1. The molecule has 0 radical (unpaired) electrons. The molecule has 0 saturated carbocycles. The number of benzene rings is 2. The number of nitro groups is 1. The number of hydrogen-bond acceptors (Lipinski definition) is 6. The zero-order chi connectivity index (χ0) is 17.6. The van der Waals surface area contributed by atoms with Crippen LogP contribution in [-0.4, -0.2) is 21.4 Å². The molecule has 1 heterocycles. The number of nitrogens with one attached hydrogen (secondary N) is 2. The molecule has 0 amide bonds. The smallest absolute Gasteiger partial charge is 0.269 e. The van der Waals surface area contributed by atoms with Crippen molar-refractivity contribution in [2.24, 2.45) is 0 Å². The molecule has 3 aromatic rings. The van der Waals surface area contributed by atoms with Crippen LogP contribution in [-0.2, 0) is 0 Å². The Morgan fingerprint density at radius 3 is 2.40 bits per heavy atom. The van der Waals surface area contributed by atoms with E-state index in [2.05, 4.69) is 20.6 Å². The Bertz CT molecular complexity index is 866. The summed E-state index contributed by atoms with van der Waals surface area (Å²) in [7, 11) is 0. The van der Waals surface area contributed by atoms with Gasteiger partial charge in [-0.2, -0.15) is 4.98 Å². The van der Waals surface area contributed by atoms with E-state index >= 15 is 0 Å². The lowest BCUT2D eigenvalue weighted by Crippen LogP contribution is -2.05. The predicted molar refractivity (Wildman–Crippen MR) is 98.0 cm³/mol. The summed E-state index contributed by atoms with van der Waals surface area (Å²) in [6.45, 7) is 2.68. The Labute approximate surface area is 144 Å². The second-order valence-electron chi connectivity index (χ2n) is 5.29. The standard InChI is InChI=1S/C18H17N5O2/c1-2-19-18-21-16(13-6-4-3-5-7-13)12-17(22-18)20-14-8-10-15(11-9-14)23(24)25/h3-12H,2H2,1H3,(H2,19,20,21,22). The van der Waals surface area contributed by atoms with Crippen LogP contribution in [0, 0.1) is 10.1 Å². The Morgan fingerprint density at radius 2 is 1.76 bits per heavy atom. The molecule has 0 bridgehead atoms. The van der Waals surface area contributed by atoms with Crippen LogP contribution in [0.5, 0.6) is 0 Å². The molecular formula is C18H17N5O2. The van der Waals surface area contributed by atoms with Gasteiger partial charge in [-0.15, -0.1) is 0 Å². The number of nitro benzene ring substituents is 1. The molecule has 25 heavy (non-hydrogen) atoms. The lowest BCUT2D eigenvalue weighted by molar-refractivity contribution is -0.384. The minimum absolute atomic E-state index is 0.0477. The minimum Gasteiger partial charge on any atom is -0.354 e. The summed E-state index contributed by atoms with van der Waals surface area (Å²) in [6.07, 6.45) is 0. The van der Waals surface area contributed by atoms with E-state index in [0.717, 1.165) is 11.3 Å². The van der Waals surface area contributed by atoms with E-state index in [1.54, 1.807) is 12.1 Å². The normalized spacial score (nSPS) is 10.3. The van der Waals surface area contributed by atoms with Crippen molar-refractivity contribution in [1.29, 1.82) is 0 Å². The third-order valence-corrected chi connectivity index (χ3v) is 3.48. The van der Waals surface area contributed by atoms with E-state index in [4.69, 9.17) is 0 Å². The summed E-state index contributed by atoms with van der Waals surface area (Å²) in [5.41, 5.74) is 2.53. The molecule has 0 aliphatic heterocycles. The number of non-ortho nitro benzene ring substituents is 1. The van der Waals surface area contributed by atoms with Gasteiger partial charge in [-0.3, -0.25) is 10.1 Å². The minimum atomic E-state index is -0.425. The topological polar surface area (TPSA) is 93.0 Å². The quantitative estimate of drug-likeness (QED) is 0.517. The van der Waals surface area contributed by atoms with E-state index < -0.39 is 4.92 Å². The van der Waals surface area contributed by atoms with Gasteiger partial charge in [0.05, 0.1) is 10.6 Å². The van der Waals surface area contributed by atoms with Crippen molar-refractivity contribution in [3.05, 3.63) is 70.8 Å². The first-order valence-electron chi connectivity index (χ1n) is 7.85. The fraction of sp³-hybridized carbons (Fsp3) is 0.111. The molecule has 7 nitrogen and oxygen atoms in total. The van der Waals surface area contributed by atoms with E-state index in [0.29, 0.717) is 24.0 Å². The van der Waals surface area contributed by atoms with E-state index in [-0.39, 0.29) is 5.69 Å². The molecule has 0 saturated heterocycles. The summed E-state index contributed by atoms with van der Waals surface area (Å²) in [5.74, 6) is 1.13. The molecule has 0 unspecified atom stereocenters. The average molecular weight is 335 g/mol. The molecule has 1 aromatic heterocycles. The number of anilines is 3. The molecule has 0 atom stereocenters. The Kier molecular flexibility index (Phi) is 4.84. The fourth-order valence-electron chi connectivity index (χ4n) is 2.32. The molecule has 126 valence electrons. The predicted octanol–water partition coefficient (Wildman–Crippen LogP) is 4.23. The average Bonchev–Trinajstić information content (AvgIpc) is 2.63. The van der Waals surface area contributed by atoms with Gasteiger partial charge in [0.25, 0.3) is 5.69 Å². The highest BCUT2D eigenvalue weighted by molar-refractivity contribution is 5.67. The molecule has 3 rings (SSSR count). The maximum Gasteiger partial charge on any atom is 0.269 e. The summed E-state index contributed by atoms with van der Waals surface area (Å²) < 4.78 is 0. The largest absolute Gasteiger partial charge is 0.354 e. The maximum absolute atomic E-state index is 10.7. The molecule has 0 fully saturated rings. The monoisotopic (exact) mass is 335 g/mol. The van der Waals surface area contributed by atoms with Gasteiger partial charge in [0.15, 0.2) is 0 Å². The van der Waals surface area contributed by atoms with Crippen molar-refractivity contribution >= 4 is 23.1 Å². The van der Waals surface area contributed by atoms with Crippen LogP contribution in [0.25, 0.3) is 11.3 Å². The van der Waals surface area contributed by atoms with Crippen LogP contribution >= 0.6 is 0 Å². The molecule has 2 aromatic carbocycles. The van der Waals surface area contributed by atoms with Gasteiger partial charge in [0.1, 0.15) is 5.82 Å². The van der Waals surface area contributed by atoms with Gasteiger partial charge in [-0.1, -0.05) is 30.3 Å². The summed E-state index contributed by atoms with van der Waals surface area (Å²) in [4.78, 5) is 19.3. The second-order valence-corrected chi connectivity index (χ2v) is 5.29. The van der Waals surface area contributed by atoms with Crippen molar-refractivity contribution in [3.8, 4) is 11.3 Å². The van der Waals surface area contributed by atoms with Crippen LogP contribution in [0.1, 0.15) is 6.92 Å². The summed E-state index contributed by atoms with van der Waals surface area (Å²) in [5, 5.41) is 17.0. The number of rotatable bonds is 6.